The number of carbonyl (C=O) groups excluding carboxylic acids is 1. The van der Waals surface area contributed by atoms with Gasteiger partial charge in [-0.05, 0) is 37.8 Å². The first-order valence-electron chi connectivity index (χ1n) is 8.00. The molecule has 5 nitrogen and oxygen atoms in total. The van der Waals surface area contributed by atoms with Gasteiger partial charge in [-0.2, -0.15) is 0 Å². The van der Waals surface area contributed by atoms with Crippen molar-refractivity contribution in [3.05, 3.63) is 54.6 Å². The van der Waals surface area contributed by atoms with E-state index < -0.39 is 0 Å². The van der Waals surface area contributed by atoms with Crippen LogP contribution in [0.2, 0.25) is 0 Å². The molecule has 0 unspecified atom stereocenters. The first kappa shape index (κ1) is 15.3. The minimum atomic E-state index is 0.000246. The fraction of sp³-hybridized carbons (Fsp3) is 0.333. The number of rotatable bonds is 6. The molecule has 0 saturated heterocycles. The van der Waals surface area contributed by atoms with Crippen LogP contribution in [0.15, 0.2) is 54.6 Å². The summed E-state index contributed by atoms with van der Waals surface area (Å²) in [6.45, 7) is 1.29. The average Bonchev–Trinajstić information content (AvgIpc) is 3.09. The topological polar surface area (TPSA) is 56.1 Å². The number of hydrogen-bond acceptors (Lipinski definition) is 3. The standard InChI is InChI=1S/C18H21N3O2/c22-18(15-5-2-1-3-6-15)20-16-7-4-8-17(13-16)23-12-11-21-10-9-19-14-21/h4-5,7-10,13-14H,1-3,6,11-12H2,(H,20,22). The zero-order chi connectivity index (χ0) is 15.9. The average molecular weight is 311 g/mol. The molecule has 3 rings (SSSR count). The van der Waals surface area contributed by atoms with Gasteiger partial charge in [-0.3, -0.25) is 4.79 Å². The first-order valence-corrected chi connectivity index (χ1v) is 8.00. The maximum Gasteiger partial charge on any atom is 0.251 e. The van der Waals surface area contributed by atoms with Crippen LogP contribution in [0.25, 0.3) is 0 Å². The Hall–Kier alpha value is -2.56. The molecule has 1 aromatic heterocycles. The molecule has 1 amide bonds. The van der Waals surface area contributed by atoms with E-state index in [4.69, 9.17) is 4.74 Å². The van der Waals surface area contributed by atoms with Crippen molar-refractivity contribution in [3.8, 4) is 5.75 Å². The molecule has 1 aromatic carbocycles. The predicted molar refractivity (Wildman–Crippen MR) is 89.3 cm³/mol. The van der Waals surface area contributed by atoms with Gasteiger partial charge >= 0.3 is 0 Å². The number of hydrogen-bond donors (Lipinski definition) is 1. The largest absolute Gasteiger partial charge is 0.492 e. The number of amides is 1. The molecule has 0 fully saturated rings. The van der Waals surface area contributed by atoms with Crippen molar-refractivity contribution in [1.82, 2.24) is 9.55 Å². The number of carbonyl (C=O) groups is 1. The summed E-state index contributed by atoms with van der Waals surface area (Å²) in [7, 11) is 0. The van der Waals surface area contributed by atoms with Crippen LogP contribution >= 0.6 is 0 Å². The number of nitrogens with one attached hydrogen (secondary N) is 1. The first-order chi connectivity index (χ1) is 11.3. The van der Waals surface area contributed by atoms with E-state index in [-0.39, 0.29) is 5.91 Å². The van der Waals surface area contributed by atoms with Gasteiger partial charge in [-0.15, -0.1) is 0 Å². The van der Waals surface area contributed by atoms with Crippen LogP contribution in [0.1, 0.15) is 25.7 Å². The number of allylic oxidation sites excluding steroid dienone is 1. The summed E-state index contributed by atoms with van der Waals surface area (Å²) >= 11 is 0. The van der Waals surface area contributed by atoms with Crippen LogP contribution in [0.3, 0.4) is 0 Å². The molecule has 23 heavy (non-hydrogen) atoms. The number of benzene rings is 1. The Kier molecular flexibility index (Phi) is 5.09. The number of anilines is 1. The summed E-state index contributed by atoms with van der Waals surface area (Å²) < 4.78 is 7.69. The van der Waals surface area contributed by atoms with Gasteiger partial charge in [-0.1, -0.05) is 12.1 Å². The summed E-state index contributed by atoms with van der Waals surface area (Å²) in [5, 5.41) is 2.95. The summed E-state index contributed by atoms with van der Waals surface area (Å²) in [4.78, 5) is 16.2. The van der Waals surface area contributed by atoms with E-state index in [9.17, 15) is 4.79 Å². The zero-order valence-corrected chi connectivity index (χ0v) is 13.1. The highest BCUT2D eigenvalue weighted by atomic mass is 16.5. The molecular weight excluding hydrogens is 290 g/mol. The van der Waals surface area contributed by atoms with Crippen LogP contribution in [-0.4, -0.2) is 22.1 Å². The highest BCUT2D eigenvalue weighted by molar-refractivity contribution is 6.03. The second-order valence-corrected chi connectivity index (χ2v) is 5.61. The third-order valence-corrected chi connectivity index (χ3v) is 3.85. The monoisotopic (exact) mass is 311 g/mol. The Bertz CT molecular complexity index is 677. The van der Waals surface area contributed by atoms with Crippen LogP contribution in [0.4, 0.5) is 5.69 Å². The normalized spacial score (nSPS) is 14.2. The lowest BCUT2D eigenvalue weighted by atomic mass is 9.99. The highest BCUT2D eigenvalue weighted by Crippen LogP contribution is 2.21. The van der Waals surface area contributed by atoms with Crippen molar-refractivity contribution in [3.63, 3.8) is 0 Å². The molecule has 0 radical (unpaired) electrons. The Morgan fingerprint density at radius 2 is 2.30 bits per heavy atom. The van der Waals surface area contributed by atoms with Gasteiger partial charge in [0.25, 0.3) is 5.91 Å². The lowest BCUT2D eigenvalue weighted by Gasteiger charge is -2.13. The summed E-state index contributed by atoms with van der Waals surface area (Å²) in [5.41, 5.74) is 1.66. The molecule has 0 spiro atoms. The quantitative estimate of drug-likeness (QED) is 0.889. The Morgan fingerprint density at radius 3 is 3.09 bits per heavy atom. The van der Waals surface area contributed by atoms with E-state index in [1.807, 2.05) is 41.1 Å². The highest BCUT2D eigenvalue weighted by Gasteiger charge is 2.12. The van der Waals surface area contributed by atoms with E-state index in [1.165, 1.54) is 6.42 Å². The molecule has 1 aliphatic rings. The van der Waals surface area contributed by atoms with E-state index in [0.717, 1.165) is 42.8 Å². The number of ether oxygens (including phenoxy) is 1. The maximum atomic E-state index is 12.2. The van der Waals surface area contributed by atoms with Crippen molar-refractivity contribution in [1.29, 1.82) is 0 Å². The third kappa shape index (κ3) is 4.45. The SMILES string of the molecule is O=C(Nc1cccc(OCCn2ccnc2)c1)C1=CCCCC1. The lowest BCUT2D eigenvalue weighted by Crippen LogP contribution is -2.16. The van der Waals surface area contributed by atoms with Crippen LogP contribution in [0, 0.1) is 0 Å². The van der Waals surface area contributed by atoms with E-state index in [0.29, 0.717) is 6.61 Å². The van der Waals surface area contributed by atoms with Crippen molar-refractivity contribution >= 4 is 11.6 Å². The van der Waals surface area contributed by atoms with E-state index in [2.05, 4.69) is 10.3 Å². The number of aromatic nitrogens is 2. The molecule has 5 heteroatoms. The van der Waals surface area contributed by atoms with Gasteiger partial charge in [-0.25, -0.2) is 4.98 Å². The van der Waals surface area contributed by atoms with Crippen LogP contribution in [-0.2, 0) is 11.3 Å². The molecule has 1 aliphatic carbocycles. The Balaban J connectivity index is 1.54. The molecule has 0 atom stereocenters. The second-order valence-electron chi connectivity index (χ2n) is 5.61. The predicted octanol–water partition coefficient (Wildman–Crippen LogP) is 3.40. The molecule has 1 heterocycles. The van der Waals surface area contributed by atoms with Gasteiger partial charge < -0.3 is 14.6 Å². The molecule has 2 aromatic rings. The van der Waals surface area contributed by atoms with Crippen molar-refractivity contribution in [2.24, 2.45) is 0 Å². The van der Waals surface area contributed by atoms with Gasteiger partial charge in [0.1, 0.15) is 12.4 Å². The molecule has 1 N–H and O–H groups in total. The Labute approximate surface area is 136 Å². The number of nitrogens with zero attached hydrogens (tertiary/aromatic N) is 2. The van der Waals surface area contributed by atoms with E-state index >= 15 is 0 Å². The molecule has 0 bridgehead atoms. The van der Waals surface area contributed by atoms with Gasteiger partial charge in [0, 0.05) is 29.7 Å². The zero-order valence-electron chi connectivity index (χ0n) is 13.1. The van der Waals surface area contributed by atoms with Crippen molar-refractivity contribution in [2.75, 3.05) is 11.9 Å². The maximum absolute atomic E-state index is 12.2. The molecule has 0 saturated carbocycles. The molecule has 0 aliphatic heterocycles. The van der Waals surface area contributed by atoms with Gasteiger partial charge in [0.15, 0.2) is 0 Å². The summed E-state index contributed by atoms with van der Waals surface area (Å²) in [6, 6.07) is 7.51. The number of imidazole rings is 1. The minimum Gasteiger partial charge on any atom is -0.492 e. The van der Waals surface area contributed by atoms with Crippen molar-refractivity contribution in [2.45, 2.75) is 32.2 Å². The summed E-state index contributed by atoms with van der Waals surface area (Å²) in [5.74, 6) is 0.751. The van der Waals surface area contributed by atoms with Crippen molar-refractivity contribution < 1.29 is 9.53 Å². The van der Waals surface area contributed by atoms with Crippen LogP contribution < -0.4 is 10.1 Å². The van der Waals surface area contributed by atoms with Crippen LogP contribution in [0.5, 0.6) is 5.75 Å². The fourth-order valence-electron chi connectivity index (χ4n) is 2.61. The Morgan fingerprint density at radius 1 is 1.35 bits per heavy atom. The lowest BCUT2D eigenvalue weighted by molar-refractivity contribution is -0.113. The second kappa shape index (κ2) is 7.63. The van der Waals surface area contributed by atoms with Gasteiger partial charge in [0.05, 0.1) is 12.9 Å². The van der Waals surface area contributed by atoms with Gasteiger partial charge in [0.2, 0.25) is 0 Å². The fourth-order valence-corrected chi connectivity index (χ4v) is 2.61. The molecular formula is C18H21N3O2. The third-order valence-electron chi connectivity index (χ3n) is 3.85. The van der Waals surface area contributed by atoms with E-state index in [1.54, 1.807) is 12.5 Å². The summed E-state index contributed by atoms with van der Waals surface area (Å²) in [6.07, 6.45) is 11.6. The minimum absolute atomic E-state index is 0.000246. The smallest absolute Gasteiger partial charge is 0.251 e. The molecule has 120 valence electrons.